The Hall–Kier alpha value is -5.66. The third-order valence-electron chi connectivity index (χ3n) is 7.05. The van der Waals surface area contributed by atoms with E-state index >= 15 is 0 Å². The summed E-state index contributed by atoms with van der Waals surface area (Å²) in [5.74, 6) is 0. The lowest BCUT2D eigenvalue weighted by atomic mass is 9.85. The standard InChI is InChI=1S/C42H26O/c1-2-11-28-24-30(21-20-27(28)10-1)29-12-9-13-31(25-29)41-34-15-3-5-17-36(34)42(37-18-6-4-16-35(37)41)32-22-23-40-38(26-32)33-14-7-8-19-39(33)43-40/h1-26H/i1D,2D,3D,4D,5D,6D,7D,8D,9D,10D,11D,13D,14D,15D,16D,17D,18D,19D,20D,21D,22D,23D,24D,26D. The first-order valence-corrected chi connectivity index (χ1v) is 12.8. The molecule has 43 heavy (non-hydrogen) atoms. The normalized spacial score (nSPS) is 19.5. The van der Waals surface area contributed by atoms with Crippen LogP contribution in [0, 0.1) is 0 Å². The monoisotopic (exact) mass is 570 g/mol. The zero-order valence-corrected chi connectivity index (χ0v) is 21.6. The molecule has 1 aromatic heterocycles. The maximum Gasteiger partial charge on any atom is 0.135 e. The van der Waals surface area contributed by atoms with E-state index in [0.717, 1.165) is 12.1 Å². The van der Waals surface area contributed by atoms with Crippen molar-refractivity contribution < 1.29 is 37.3 Å². The number of para-hydroxylation sites is 1. The van der Waals surface area contributed by atoms with E-state index in [9.17, 15) is 11.0 Å². The molecule has 1 heterocycles. The van der Waals surface area contributed by atoms with E-state index in [-0.39, 0.29) is 10.9 Å². The summed E-state index contributed by atoms with van der Waals surface area (Å²) in [6.07, 6.45) is 0. The molecule has 0 saturated carbocycles. The molecule has 0 bridgehead atoms. The third-order valence-corrected chi connectivity index (χ3v) is 7.05. The Balaban J connectivity index is 1.55. The molecular weight excluding hydrogens is 520 g/mol. The first-order chi connectivity index (χ1) is 31.3. The fourth-order valence-corrected chi connectivity index (χ4v) is 5.20. The summed E-state index contributed by atoms with van der Waals surface area (Å²) < 4.78 is 219. The van der Waals surface area contributed by atoms with Crippen LogP contribution in [0.25, 0.3) is 87.6 Å². The van der Waals surface area contributed by atoms with Crippen molar-refractivity contribution in [2.45, 2.75) is 0 Å². The summed E-state index contributed by atoms with van der Waals surface area (Å²) in [6, 6.07) is -16.6. The van der Waals surface area contributed by atoms with Crippen LogP contribution in [0.1, 0.15) is 32.9 Å². The molecule has 1 nitrogen and oxygen atoms in total. The van der Waals surface area contributed by atoms with E-state index in [0.29, 0.717) is 0 Å². The highest BCUT2D eigenvalue weighted by Crippen LogP contribution is 2.45. The molecule has 200 valence electrons. The summed E-state index contributed by atoms with van der Waals surface area (Å²) in [7, 11) is 0. The van der Waals surface area contributed by atoms with Crippen molar-refractivity contribution in [3.63, 3.8) is 0 Å². The van der Waals surface area contributed by atoms with Crippen LogP contribution >= 0.6 is 0 Å². The highest BCUT2D eigenvalue weighted by atomic mass is 16.3. The zero-order valence-electron chi connectivity index (χ0n) is 45.6. The van der Waals surface area contributed by atoms with Gasteiger partial charge in [-0.05, 0) is 95.9 Å². The summed E-state index contributed by atoms with van der Waals surface area (Å²) >= 11 is 0. The number of hydrogen-bond acceptors (Lipinski definition) is 1. The van der Waals surface area contributed by atoms with Gasteiger partial charge < -0.3 is 4.42 Å². The SMILES string of the molecule is [2H]c1cc(-c2c([2H])c([2H])c3c([2H])c([2H])c([2H])c([2H])c3c2[2H])cc(-c2c3c([2H])c([2H])c([2H])c([2H])c3c(-c3c([2H])c([2H])c4oc5c([2H])c([2H])c([2H])c([2H])c5c4c3[2H])c3c([2H])c([2H])c([2H])c([2H])c23)c1[2H]. The predicted octanol–water partition coefficient (Wildman–Crippen LogP) is 12.0. The first-order valence-electron chi connectivity index (χ1n) is 24.8. The van der Waals surface area contributed by atoms with Gasteiger partial charge in [0.05, 0.1) is 32.9 Å². The molecule has 0 unspecified atom stereocenters. The third kappa shape index (κ3) is 3.79. The fraction of sp³-hybridized carbons (Fsp3) is 0. The van der Waals surface area contributed by atoms with Crippen LogP contribution in [-0.4, -0.2) is 0 Å². The van der Waals surface area contributed by atoms with Gasteiger partial charge in [-0.3, -0.25) is 0 Å². The van der Waals surface area contributed by atoms with Gasteiger partial charge in [-0.25, -0.2) is 0 Å². The summed E-state index contributed by atoms with van der Waals surface area (Å²) in [6.45, 7) is 0. The van der Waals surface area contributed by atoms with Gasteiger partial charge in [0.1, 0.15) is 11.2 Å². The second kappa shape index (κ2) is 9.44. The minimum atomic E-state index is -0.902. The Morgan fingerprint density at radius 2 is 0.953 bits per heavy atom. The molecule has 0 atom stereocenters. The lowest BCUT2D eigenvalue weighted by molar-refractivity contribution is 0.669. The van der Waals surface area contributed by atoms with Crippen LogP contribution in [0.5, 0.6) is 0 Å². The van der Waals surface area contributed by atoms with E-state index in [1.165, 1.54) is 0 Å². The quantitative estimate of drug-likeness (QED) is 0.193. The maximum absolute atomic E-state index is 9.61. The predicted molar refractivity (Wildman–Crippen MR) is 183 cm³/mol. The average Bonchev–Trinajstić information content (AvgIpc) is 3.71. The van der Waals surface area contributed by atoms with E-state index in [2.05, 4.69) is 0 Å². The molecule has 0 aliphatic heterocycles. The van der Waals surface area contributed by atoms with E-state index in [1.807, 2.05) is 0 Å². The summed E-state index contributed by atoms with van der Waals surface area (Å²) in [5, 5.41) is -4.01. The molecule has 0 spiro atoms. The van der Waals surface area contributed by atoms with E-state index in [4.69, 9.17) is 26.3 Å². The molecular formula is C42H26O. The number of fused-ring (bicyclic) bond motifs is 6. The molecule has 0 aliphatic rings. The van der Waals surface area contributed by atoms with Crippen molar-refractivity contribution in [1.82, 2.24) is 0 Å². The van der Waals surface area contributed by atoms with E-state index < -0.39 is 222 Å². The van der Waals surface area contributed by atoms with Gasteiger partial charge in [0, 0.05) is 10.8 Å². The molecule has 0 saturated heterocycles. The van der Waals surface area contributed by atoms with Crippen LogP contribution in [0.3, 0.4) is 0 Å². The molecule has 0 fully saturated rings. The highest BCUT2D eigenvalue weighted by molar-refractivity contribution is 6.22. The summed E-state index contributed by atoms with van der Waals surface area (Å²) in [4.78, 5) is 0. The van der Waals surface area contributed by atoms with Crippen molar-refractivity contribution in [2.75, 3.05) is 0 Å². The fourth-order valence-electron chi connectivity index (χ4n) is 5.20. The number of benzene rings is 8. The molecule has 9 rings (SSSR count). The highest BCUT2D eigenvalue weighted by Gasteiger charge is 2.18. The first kappa shape index (κ1) is 10.3. The van der Waals surface area contributed by atoms with Crippen molar-refractivity contribution in [3.8, 4) is 33.4 Å². The Bertz CT molecular complexity index is 3770. The van der Waals surface area contributed by atoms with Crippen LogP contribution in [0.15, 0.2) is 162 Å². The number of furan rings is 1. The zero-order chi connectivity index (χ0) is 49.2. The van der Waals surface area contributed by atoms with Gasteiger partial charge in [0.15, 0.2) is 0 Å². The van der Waals surface area contributed by atoms with Crippen LogP contribution in [-0.2, 0) is 0 Å². The van der Waals surface area contributed by atoms with Crippen molar-refractivity contribution in [3.05, 3.63) is 157 Å². The number of rotatable bonds is 3. The Morgan fingerprint density at radius 3 is 1.70 bits per heavy atom. The van der Waals surface area contributed by atoms with Gasteiger partial charge in [-0.1, -0.05) is 127 Å². The molecule has 0 amide bonds. The van der Waals surface area contributed by atoms with Crippen molar-refractivity contribution in [1.29, 1.82) is 0 Å². The lowest BCUT2D eigenvalue weighted by Crippen LogP contribution is -1.91. The van der Waals surface area contributed by atoms with Crippen LogP contribution < -0.4 is 0 Å². The minimum Gasteiger partial charge on any atom is -0.456 e. The van der Waals surface area contributed by atoms with E-state index in [1.54, 1.807) is 0 Å². The molecule has 1 heteroatoms. The Kier molecular flexibility index (Phi) is 2.25. The largest absolute Gasteiger partial charge is 0.456 e. The minimum absolute atomic E-state index is 0.275. The molecule has 0 N–H and O–H groups in total. The van der Waals surface area contributed by atoms with Gasteiger partial charge in [-0.15, -0.1) is 0 Å². The van der Waals surface area contributed by atoms with Gasteiger partial charge >= 0.3 is 0 Å². The van der Waals surface area contributed by atoms with Gasteiger partial charge in [0.25, 0.3) is 0 Å². The Morgan fingerprint density at radius 1 is 0.372 bits per heavy atom. The molecule has 9 aromatic rings. The average molecular weight is 571 g/mol. The maximum atomic E-state index is 9.61. The van der Waals surface area contributed by atoms with Crippen molar-refractivity contribution >= 4 is 54.3 Å². The van der Waals surface area contributed by atoms with Crippen molar-refractivity contribution in [2.24, 2.45) is 0 Å². The summed E-state index contributed by atoms with van der Waals surface area (Å²) in [5.41, 5.74) is -3.94. The second-order valence-electron chi connectivity index (χ2n) is 9.44. The lowest BCUT2D eigenvalue weighted by Gasteiger charge is -2.18. The molecule has 0 aliphatic carbocycles. The topological polar surface area (TPSA) is 13.1 Å². The smallest absolute Gasteiger partial charge is 0.135 e. The van der Waals surface area contributed by atoms with Gasteiger partial charge in [0.2, 0.25) is 0 Å². The molecule has 8 aromatic carbocycles. The second-order valence-corrected chi connectivity index (χ2v) is 9.44. The molecule has 0 radical (unpaired) electrons. The van der Waals surface area contributed by atoms with Gasteiger partial charge in [-0.2, -0.15) is 0 Å². The number of hydrogen-bond donors (Lipinski definition) is 0. The van der Waals surface area contributed by atoms with Crippen LogP contribution in [0.4, 0.5) is 0 Å². The van der Waals surface area contributed by atoms with Crippen LogP contribution in [0.2, 0.25) is 0 Å². The Labute approximate surface area is 283 Å².